The van der Waals surface area contributed by atoms with Crippen LogP contribution < -0.4 is 15.7 Å². The number of aromatic nitrogens is 1. The molecule has 0 saturated heterocycles. The van der Waals surface area contributed by atoms with Gasteiger partial charge in [-0.3, -0.25) is 0 Å². The summed E-state index contributed by atoms with van der Waals surface area (Å²) >= 11 is 0. The van der Waals surface area contributed by atoms with Crippen LogP contribution in [0.25, 0.3) is 71.7 Å². The number of rotatable bonds is 1. The van der Waals surface area contributed by atoms with Crippen molar-refractivity contribution in [2.45, 2.75) is 0 Å². The minimum atomic E-state index is 0.0443. The van der Waals surface area contributed by atoms with Gasteiger partial charge in [-0.05, 0) is 59.0 Å². The van der Waals surface area contributed by atoms with E-state index in [1.54, 1.807) is 0 Å². The van der Waals surface area contributed by atoms with E-state index in [-0.39, 0.29) is 6.85 Å². The van der Waals surface area contributed by atoms with Gasteiger partial charge in [0.1, 0.15) is 11.2 Å². The average molecular weight is 584 g/mol. The van der Waals surface area contributed by atoms with Crippen molar-refractivity contribution in [3.05, 3.63) is 152 Å². The minimum Gasteiger partial charge on any atom is -0.456 e. The summed E-state index contributed by atoms with van der Waals surface area (Å²) in [6.45, 7) is 0.0443. The van der Waals surface area contributed by atoms with Crippen molar-refractivity contribution in [2.75, 3.05) is 4.81 Å². The highest BCUT2D eigenvalue weighted by molar-refractivity contribution is 6.92. The molecule has 7 aromatic carbocycles. The Morgan fingerprint density at radius 3 is 2.02 bits per heavy atom. The average Bonchev–Trinajstić information content (AvgIpc) is 3.65. The van der Waals surface area contributed by atoms with E-state index in [9.17, 15) is 0 Å². The maximum Gasteiger partial charge on any atom is 0.329 e. The van der Waals surface area contributed by atoms with Crippen LogP contribution in [-0.4, -0.2) is 11.4 Å². The minimum absolute atomic E-state index is 0.0443. The third kappa shape index (κ3) is 3.03. The molecule has 0 aliphatic carbocycles. The van der Waals surface area contributed by atoms with Crippen LogP contribution in [0.4, 0.5) is 11.4 Å². The Morgan fingerprint density at radius 2 is 1.15 bits per heavy atom. The smallest absolute Gasteiger partial charge is 0.329 e. The molecule has 0 unspecified atom stereocenters. The van der Waals surface area contributed by atoms with Crippen LogP contribution in [0.3, 0.4) is 0 Å². The standard InChI is InChI=1S/C42H25BN2O/c1-2-12-26(13-3-1)44-38-24-33-29-16-7-11-21-39(29)46-40(33)25-32(38)30-22-23-35-41(42(30)44)31-17-6-10-20-37(31)45-36-19-9-5-15-28(36)27-14-4-8-18-34(27)43(35)45/h1-25H. The topological polar surface area (TPSA) is 21.3 Å². The molecule has 0 radical (unpaired) electrons. The van der Waals surface area contributed by atoms with Crippen molar-refractivity contribution in [3.8, 4) is 27.9 Å². The van der Waals surface area contributed by atoms with E-state index in [4.69, 9.17) is 4.42 Å². The summed E-state index contributed by atoms with van der Waals surface area (Å²) in [5.41, 5.74) is 15.7. The summed E-state index contributed by atoms with van der Waals surface area (Å²) < 4.78 is 8.91. The first-order valence-corrected chi connectivity index (χ1v) is 15.9. The molecular formula is C42H25BN2O. The van der Waals surface area contributed by atoms with Gasteiger partial charge >= 0.3 is 6.85 Å². The van der Waals surface area contributed by atoms with Crippen LogP contribution >= 0.6 is 0 Å². The molecule has 46 heavy (non-hydrogen) atoms. The molecular weight excluding hydrogens is 559 g/mol. The summed E-state index contributed by atoms with van der Waals surface area (Å²) in [4.78, 5) is 2.57. The van der Waals surface area contributed by atoms with E-state index >= 15 is 0 Å². The zero-order chi connectivity index (χ0) is 29.9. The summed E-state index contributed by atoms with van der Waals surface area (Å²) in [6.07, 6.45) is 0. The number of benzene rings is 7. The van der Waals surface area contributed by atoms with E-state index < -0.39 is 0 Å². The lowest BCUT2D eigenvalue weighted by Gasteiger charge is -2.43. The highest BCUT2D eigenvalue weighted by Crippen LogP contribution is 2.49. The van der Waals surface area contributed by atoms with Gasteiger partial charge in [-0.15, -0.1) is 0 Å². The predicted octanol–water partition coefficient (Wildman–Crippen LogP) is 9.59. The number of nitrogens with zero attached hydrogens (tertiary/aromatic N) is 2. The Balaban J connectivity index is 1.32. The molecule has 3 nitrogen and oxygen atoms in total. The van der Waals surface area contributed by atoms with Crippen molar-refractivity contribution in [3.63, 3.8) is 0 Å². The number of hydrogen-bond donors (Lipinski definition) is 0. The van der Waals surface area contributed by atoms with Crippen LogP contribution in [0.5, 0.6) is 0 Å². The van der Waals surface area contributed by atoms with Crippen LogP contribution in [0.2, 0.25) is 0 Å². The van der Waals surface area contributed by atoms with Gasteiger partial charge in [-0.25, -0.2) is 0 Å². The molecule has 11 rings (SSSR count). The fourth-order valence-corrected chi connectivity index (χ4v) is 8.33. The number of hydrogen-bond acceptors (Lipinski definition) is 2. The van der Waals surface area contributed by atoms with Crippen LogP contribution in [0.15, 0.2) is 156 Å². The lowest BCUT2D eigenvalue weighted by Crippen LogP contribution is -2.59. The number of para-hydroxylation sites is 4. The lowest BCUT2D eigenvalue weighted by atomic mass is 9.43. The third-order valence-electron chi connectivity index (χ3n) is 10.2. The zero-order valence-corrected chi connectivity index (χ0v) is 24.8. The lowest BCUT2D eigenvalue weighted by molar-refractivity contribution is 0.669. The first-order valence-electron chi connectivity index (χ1n) is 15.9. The van der Waals surface area contributed by atoms with E-state index in [1.807, 2.05) is 6.07 Å². The van der Waals surface area contributed by atoms with Gasteiger partial charge in [-0.1, -0.05) is 109 Å². The van der Waals surface area contributed by atoms with Crippen LogP contribution in [0, 0.1) is 0 Å². The molecule has 212 valence electrons. The second-order valence-corrected chi connectivity index (χ2v) is 12.5. The highest BCUT2D eigenvalue weighted by Gasteiger charge is 2.43. The fraction of sp³-hybridized carbons (Fsp3) is 0. The second-order valence-electron chi connectivity index (χ2n) is 12.5. The normalized spacial score (nSPS) is 13.1. The quantitative estimate of drug-likeness (QED) is 0.179. The zero-order valence-electron chi connectivity index (χ0n) is 24.8. The molecule has 0 amide bonds. The van der Waals surface area contributed by atoms with Gasteiger partial charge in [0.05, 0.1) is 11.0 Å². The maximum atomic E-state index is 6.42. The Labute approximate surface area is 265 Å². The molecule has 2 aliphatic rings. The number of fused-ring (bicyclic) bond motifs is 18. The molecule has 0 spiro atoms. The van der Waals surface area contributed by atoms with Crippen molar-refractivity contribution >= 4 is 72.9 Å². The van der Waals surface area contributed by atoms with Gasteiger partial charge in [0.2, 0.25) is 0 Å². The Morgan fingerprint density at radius 1 is 0.457 bits per heavy atom. The molecule has 2 aliphatic heterocycles. The van der Waals surface area contributed by atoms with Gasteiger partial charge < -0.3 is 13.8 Å². The van der Waals surface area contributed by atoms with Crippen molar-refractivity contribution < 1.29 is 4.42 Å². The van der Waals surface area contributed by atoms with Crippen molar-refractivity contribution in [2.24, 2.45) is 0 Å². The Kier molecular flexibility index (Phi) is 4.66. The van der Waals surface area contributed by atoms with Crippen LogP contribution in [-0.2, 0) is 0 Å². The van der Waals surface area contributed by atoms with Gasteiger partial charge in [0.25, 0.3) is 0 Å². The molecule has 0 bridgehead atoms. The molecule has 0 fully saturated rings. The first kappa shape index (κ1) is 24.3. The number of anilines is 2. The summed E-state index contributed by atoms with van der Waals surface area (Å²) in [5.74, 6) is 0. The Bertz CT molecular complexity index is 2720. The molecule has 2 aromatic heterocycles. The number of furan rings is 1. The van der Waals surface area contributed by atoms with Gasteiger partial charge in [0, 0.05) is 55.3 Å². The van der Waals surface area contributed by atoms with E-state index in [2.05, 4.69) is 155 Å². The maximum absolute atomic E-state index is 6.42. The predicted molar refractivity (Wildman–Crippen MR) is 193 cm³/mol. The summed E-state index contributed by atoms with van der Waals surface area (Å²) in [7, 11) is 0. The SMILES string of the molecule is c1ccc(-n2c3cc4c(cc3c3ccc5c(c32)-c2ccccc2N2B5c3ccccc3-c3ccccc32)oc2ccccc24)cc1. The summed E-state index contributed by atoms with van der Waals surface area (Å²) in [6, 6.07) is 55.3. The molecule has 0 atom stereocenters. The van der Waals surface area contributed by atoms with E-state index in [0.29, 0.717) is 0 Å². The van der Waals surface area contributed by atoms with Crippen LogP contribution in [0.1, 0.15) is 0 Å². The third-order valence-corrected chi connectivity index (χ3v) is 10.2. The Hall–Kier alpha value is -6.00. The van der Waals surface area contributed by atoms with Crippen molar-refractivity contribution in [1.29, 1.82) is 0 Å². The first-order chi connectivity index (χ1) is 22.8. The van der Waals surface area contributed by atoms with Gasteiger partial charge in [-0.2, -0.15) is 0 Å². The molecule has 4 heterocycles. The molecule has 0 saturated carbocycles. The molecule has 0 N–H and O–H groups in total. The molecule has 9 aromatic rings. The largest absolute Gasteiger partial charge is 0.456 e. The van der Waals surface area contributed by atoms with E-state index in [0.717, 1.165) is 27.6 Å². The van der Waals surface area contributed by atoms with Gasteiger partial charge in [0.15, 0.2) is 0 Å². The second kappa shape index (κ2) is 8.80. The fourth-order valence-electron chi connectivity index (χ4n) is 8.33. The van der Waals surface area contributed by atoms with E-state index in [1.165, 1.54) is 66.4 Å². The van der Waals surface area contributed by atoms with Crippen molar-refractivity contribution in [1.82, 2.24) is 4.57 Å². The summed E-state index contributed by atoms with van der Waals surface area (Å²) in [5, 5.41) is 4.71. The monoisotopic (exact) mass is 584 g/mol. The highest BCUT2D eigenvalue weighted by atomic mass is 16.3. The molecule has 4 heteroatoms.